The molecule has 5 rings (SSSR count). The van der Waals surface area contributed by atoms with Crippen LogP contribution in [0.1, 0.15) is 55.8 Å². The van der Waals surface area contributed by atoms with Crippen molar-refractivity contribution in [3.63, 3.8) is 0 Å². The Morgan fingerprint density at radius 2 is 1.96 bits per heavy atom. The molecule has 2 unspecified atom stereocenters. The molecule has 1 aromatic carbocycles. The first-order valence-electron chi connectivity index (χ1n) is 9.38. The van der Waals surface area contributed by atoms with E-state index in [0.717, 1.165) is 48.3 Å². The van der Waals surface area contributed by atoms with Gasteiger partial charge in [-0.2, -0.15) is 0 Å². The molecular weight excluding hydrogens is 319 g/mol. The van der Waals surface area contributed by atoms with Crippen molar-refractivity contribution in [3.8, 4) is 11.3 Å². The van der Waals surface area contributed by atoms with Crippen LogP contribution in [0.4, 0.5) is 4.39 Å². The Morgan fingerprint density at radius 3 is 2.68 bits per heavy atom. The van der Waals surface area contributed by atoms with E-state index in [2.05, 4.69) is 10.5 Å². The predicted molar refractivity (Wildman–Crippen MR) is 91.6 cm³/mol. The number of nitrogens with zero attached hydrogens (tertiary/aromatic N) is 1. The van der Waals surface area contributed by atoms with Crippen LogP contribution in [0.25, 0.3) is 11.3 Å². The Labute approximate surface area is 146 Å². The van der Waals surface area contributed by atoms with Crippen LogP contribution in [-0.2, 0) is 11.3 Å². The maximum absolute atomic E-state index is 13.6. The summed E-state index contributed by atoms with van der Waals surface area (Å²) in [4.78, 5) is 0. The molecule has 0 spiro atoms. The second-order valence-electron chi connectivity index (χ2n) is 7.70. The molecule has 2 saturated heterocycles. The molecule has 4 nitrogen and oxygen atoms in total. The Kier molecular flexibility index (Phi) is 3.86. The fourth-order valence-electron chi connectivity index (χ4n) is 4.33. The zero-order valence-electron chi connectivity index (χ0n) is 14.2. The molecule has 2 aromatic rings. The average molecular weight is 342 g/mol. The Balaban J connectivity index is 1.38. The molecule has 0 amide bonds. The third-order valence-corrected chi connectivity index (χ3v) is 5.76. The van der Waals surface area contributed by atoms with Gasteiger partial charge in [-0.05, 0) is 50.7 Å². The standard InChI is InChI=1S/C20H23FN2O2/c21-14-3-1-2-13(8-14)19-18(20(25-23-19)12-4-5-12)11-24-17-9-15-6-7-16(10-17)22-15/h1-3,8,12,15-17,22H,4-7,9-11H2. The molecule has 2 atom stereocenters. The van der Waals surface area contributed by atoms with Gasteiger partial charge >= 0.3 is 0 Å². The number of rotatable bonds is 5. The van der Waals surface area contributed by atoms with Crippen LogP contribution in [0.3, 0.4) is 0 Å². The molecule has 3 fully saturated rings. The van der Waals surface area contributed by atoms with Gasteiger partial charge in [0.2, 0.25) is 0 Å². The van der Waals surface area contributed by atoms with Crippen LogP contribution in [0.5, 0.6) is 0 Å². The van der Waals surface area contributed by atoms with Crippen molar-refractivity contribution >= 4 is 0 Å². The van der Waals surface area contributed by atoms with E-state index in [0.29, 0.717) is 30.7 Å². The van der Waals surface area contributed by atoms with Gasteiger partial charge in [-0.1, -0.05) is 17.3 Å². The molecule has 1 saturated carbocycles. The third-order valence-electron chi connectivity index (χ3n) is 5.76. The summed E-state index contributed by atoms with van der Waals surface area (Å²) in [6.07, 6.45) is 7.26. The number of ether oxygens (including phenoxy) is 1. The zero-order chi connectivity index (χ0) is 16.8. The largest absolute Gasteiger partial charge is 0.373 e. The quantitative estimate of drug-likeness (QED) is 0.886. The first-order chi connectivity index (χ1) is 12.3. The van der Waals surface area contributed by atoms with Crippen LogP contribution >= 0.6 is 0 Å². The highest BCUT2D eigenvalue weighted by molar-refractivity contribution is 5.63. The van der Waals surface area contributed by atoms with Gasteiger partial charge in [-0.3, -0.25) is 0 Å². The van der Waals surface area contributed by atoms with Gasteiger partial charge < -0.3 is 14.6 Å². The molecule has 132 valence electrons. The van der Waals surface area contributed by atoms with Gasteiger partial charge in [0.25, 0.3) is 0 Å². The fourth-order valence-corrected chi connectivity index (χ4v) is 4.33. The Bertz CT molecular complexity index is 759. The first-order valence-corrected chi connectivity index (χ1v) is 9.38. The minimum Gasteiger partial charge on any atom is -0.373 e. The molecule has 5 heteroatoms. The number of piperidine rings is 1. The summed E-state index contributed by atoms with van der Waals surface area (Å²) >= 11 is 0. The lowest BCUT2D eigenvalue weighted by atomic mass is 10.0. The normalized spacial score (nSPS) is 28.4. The molecule has 3 heterocycles. The van der Waals surface area contributed by atoms with Crippen molar-refractivity contribution in [3.05, 3.63) is 41.4 Å². The highest BCUT2D eigenvalue weighted by atomic mass is 19.1. The lowest BCUT2D eigenvalue weighted by Gasteiger charge is -2.29. The van der Waals surface area contributed by atoms with Crippen molar-refractivity contribution in [1.29, 1.82) is 0 Å². The second kappa shape index (κ2) is 6.22. The second-order valence-corrected chi connectivity index (χ2v) is 7.70. The fraction of sp³-hybridized carbons (Fsp3) is 0.550. The maximum atomic E-state index is 13.6. The Hall–Kier alpha value is -1.72. The van der Waals surface area contributed by atoms with Crippen molar-refractivity contribution in [2.75, 3.05) is 0 Å². The van der Waals surface area contributed by atoms with Crippen LogP contribution < -0.4 is 5.32 Å². The molecule has 1 aromatic heterocycles. The monoisotopic (exact) mass is 342 g/mol. The highest BCUT2D eigenvalue weighted by Crippen LogP contribution is 2.44. The number of benzene rings is 1. The van der Waals surface area contributed by atoms with Gasteiger partial charge in [0.1, 0.15) is 17.3 Å². The van der Waals surface area contributed by atoms with Gasteiger partial charge in [-0.25, -0.2) is 4.39 Å². The summed E-state index contributed by atoms with van der Waals surface area (Å²) in [6, 6.07) is 7.78. The van der Waals surface area contributed by atoms with Crippen molar-refractivity contribution in [2.24, 2.45) is 0 Å². The SMILES string of the molecule is Fc1cccc(-c2noc(C3CC3)c2COC2CC3CCC(C2)N3)c1. The van der Waals surface area contributed by atoms with Gasteiger partial charge in [0.15, 0.2) is 0 Å². The molecule has 3 aliphatic rings. The number of aromatic nitrogens is 1. The van der Waals surface area contributed by atoms with Crippen molar-refractivity contribution < 1.29 is 13.7 Å². The van der Waals surface area contributed by atoms with E-state index in [1.165, 1.54) is 25.0 Å². The lowest BCUT2D eigenvalue weighted by molar-refractivity contribution is 0.00875. The summed E-state index contributed by atoms with van der Waals surface area (Å²) < 4.78 is 25.6. The summed E-state index contributed by atoms with van der Waals surface area (Å²) in [5, 5.41) is 7.90. The number of hydrogen-bond donors (Lipinski definition) is 1. The van der Waals surface area contributed by atoms with E-state index in [1.54, 1.807) is 6.07 Å². The van der Waals surface area contributed by atoms with E-state index in [-0.39, 0.29) is 5.82 Å². The summed E-state index contributed by atoms with van der Waals surface area (Å²) in [5.41, 5.74) is 2.51. The maximum Gasteiger partial charge on any atom is 0.145 e. The van der Waals surface area contributed by atoms with Crippen LogP contribution in [0.2, 0.25) is 0 Å². The molecule has 1 aliphatic carbocycles. The van der Waals surface area contributed by atoms with Crippen molar-refractivity contribution in [2.45, 2.75) is 69.2 Å². The van der Waals surface area contributed by atoms with Gasteiger partial charge in [-0.15, -0.1) is 0 Å². The summed E-state index contributed by atoms with van der Waals surface area (Å²) in [5.74, 6) is 1.14. The number of halogens is 1. The zero-order valence-corrected chi connectivity index (χ0v) is 14.2. The molecule has 0 radical (unpaired) electrons. The number of nitrogens with one attached hydrogen (secondary N) is 1. The van der Waals surface area contributed by atoms with Crippen LogP contribution in [0, 0.1) is 5.82 Å². The van der Waals surface area contributed by atoms with E-state index in [1.807, 2.05) is 6.07 Å². The van der Waals surface area contributed by atoms with Gasteiger partial charge in [0, 0.05) is 29.1 Å². The first kappa shape index (κ1) is 15.5. The lowest BCUT2D eigenvalue weighted by Crippen LogP contribution is -2.41. The Morgan fingerprint density at radius 1 is 1.16 bits per heavy atom. The summed E-state index contributed by atoms with van der Waals surface area (Å²) in [6.45, 7) is 0.505. The molecule has 2 aliphatic heterocycles. The van der Waals surface area contributed by atoms with E-state index in [9.17, 15) is 4.39 Å². The third kappa shape index (κ3) is 3.11. The van der Waals surface area contributed by atoms with Crippen LogP contribution in [0.15, 0.2) is 28.8 Å². The van der Waals surface area contributed by atoms with Gasteiger partial charge in [0.05, 0.1) is 12.7 Å². The van der Waals surface area contributed by atoms with Crippen LogP contribution in [-0.4, -0.2) is 23.3 Å². The molecular formula is C20H23FN2O2. The molecule has 1 N–H and O–H groups in total. The molecule has 2 bridgehead atoms. The average Bonchev–Trinajstić information content (AvgIpc) is 3.28. The molecule has 25 heavy (non-hydrogen) atoms. The summed E-state index contributed by atoms with van der Waals surface area (Å²) in [7, 11) is 0. The minimum absolute atomic E-state index is 0.254. The van der Waals surface area contributed by atoms with E-state index >= 15 is 0 Å². The van der Waals surface area contributed by atoms with E-state index < -0.39 is 0 Å². The predicted octanol–water partition coefficient (Wildman–Crippen LogP) is 4.16. The number of hydrogen-bond acceptors (Lipinski definition) is 4. The highest BCUT2D eigenvalue weighted by Gasteiger charge is 2.36. The topological polar surface area (TPSA) is 47.3 Å². The number of fused-ring (bicyclic) bond motifs is 2. The van der Waals surface area contributed by atoms with Crippen molar-refractivity contribution in [1.82, 2.24) is 10.5 Å². The van der Waals surface area contributed by atoms with E-state index in [4.69, 9.17) is 9.26 Å². The smallest absolute Gasteiger partial charge is 0.145 e. The minimum atomic E-state index is -0.254.